The largest absolute Gasteiger partial charge is 0.356 e. The Morgan fingerprint density at radius 2 is 0.795 bits per heavy atom. The van der Waals surface area contributed by atoms with Gasteiger partial charge in [0, 0.05) is 69.1 Å². The Bertz CT molecular complexity index is 3250. The summed E-state index contributed by atoms with van der Waals surface area (Å²) in [5, 5.41) is 19.2. The Morgan fingerprint density at radius 3 is 1.13 bits per heavy atom. The van der Waals surface area contributed by atoms with Crippen molar-refractivity contribution in [3.05, 3.63) is 143 Å². The van der Waals surface area contributed by atoms with Crippen LogP contribution in [-0.2, 0) is 19.2 Å². The van der Waals surface area contributed by atoms with Gasteiger partial charge in [0.15, 0.2) is 0 Å². The smallest absolute Gasteiger partial charge is 0.263 e. The maximum atomic E-state index is 14.9. The summed E-state index contributed by atoms with van der Waals surface area (Å²) in [5.74, 6) is -0.967. The number of hydrazone groups is 2. The SMILES string of the molecule is O=C(NCCCC[C@@H](C(=O)N/N=C/c1ccccc1)N1C(=O)c2ccc3c4ccc5c6c(ccc(c7ccc(c2c37)C1=O)c64)C(=O)N([C@@H](CCCCNC(=O)C1CSSC1)C(=O)N/N=C/c1ccccc1)C5=O)C1CSSC1. The van der Waals surface area contributed by atoms with Gasteiger partial charge in [-0.2, -0.15) is 10.2 Å². The third-order valence-electron chi connectivity index (χ3n) is 14.7. The van der Waals surface area contributed by atoms with Gasteiger partial charge in [-0.15, -0.1) is 0 Å². The molecule has 396 valence electrons. The number of rotatable bonds is 20. The van der Waals surface area contributed by atoms with E-state index in [0.717, 1.165) is 43.9 Å². The molecule has 0 bridgehead atoms. The van der Waals surface area contributed by atoms with E-state index in [1.54, 1.807) is 91.7 Å². The van der Waals surface area contributed by atoms with Gasteiger partial charge in [-0.25, -0.2) is 10.9 Å². The third kappa shape index (κ3) is 10.3. The van der Waals surface area contributed by atoms with E-state index < -0.39 is 47.5 Å². The minimum Gasteiger partial charge on any atom is -0.356 e. The van der Waals surface area contributed by atoms with Crippen molar-refractivity contribution >= 4 is 146 Å². The number of hydrogen-bond donors (Lipinski definition) is 4. The Balaban J connectivity index is 0.890. The molecule has 4 aliphatic rings. The number of amides is 8. The number of unbranched alkanes of at least 4 members (excludes halogenated alkanes) is 2. The molecular weight excluding hydrogens is 1060 g/mol. The lowest BCUT2D eigenvalue weighted by Gasteiger charge is -2.34. The van der Waals surface area contributed by atoms with Gasteiger partial charge in [0.2, 0.25) is 11.8 Å². The molecule has 0 radical (unpaired) electrons. The standard InChI is InChI=1S/C58H52N8O8S4/c67-51(35-29-75-76-30-35)59-25-9-7-15-45(53(69)63-61-27-33-11-3-1-4-12-33)65-55(71)41-21-17-37-39-19-23-43-50-44(24-20-40(48(39)50)38-18-22-42(56(65)72)49(41)47(37)38)58(74)66(57(43)73)46(54(70)64-62-28-34-13-5-2-6-14-34)16-8-10-26-60-52(68)36-31-77-78-32-36/h1-6,11-14,17-24,27-28,35-36,45-46H,7-10,15-16,25-26,29-32H2,(H,59,67)(H,60,68)(H,63,69)(H,64,70)/b61-27+,62-28+/t45-,46-/m0/s1. The molecule has 78 heavy (non-hydrogen) atoms. The van der Waals surface area contributed by atoms with Crippen molar-refractivity contribution in [2.45, 2.75) is 50.6 Å². The molecule has 0 unspecified atom stereocenters. The van der Waals surface area contributed by atoms with Crippen LogP contribution in [0.2, 0.25) is 0 Å². The summed E-state index contributed by atoms with van der Waals surface area (Å²) in [6.07, 6.45) is 5.05. The first kappa shape index (κ1) is 52.8. The number of nitrogens with zero attached hydrogens (tertiary/aromatic N) is 4. The van der Waals surface area contributed by atoms with Gasteiger partial charge in [0.05, 0.1) is 24.3 Å². The molecule has 4 heterocycles. The number of carbonyl (C=O) groups excluding carboxylic acids is 8. The number of carbonyl (C=O) groups is 8. The van der Waals surface area contributed by atoms with Gasteiger partial charge >= 0.3 is 0 Å². The van der Waals surface area contributed by atoms with Gasteiger partial charge < -0.3 is 10.6 Å². The quantitative estimate of drug-likeness (QED) is 0.0107. The van der Waals surface area contributed by atoms with Crippen LogP contribution in [0.3, 0.4) is 0 Å². The number of imide groups is 2. The minimum atomic E-state index is -1.24. The highest BCUT2D eigenvalue weighted by atomic mass is 33.1. The van der Waals surface area contributed by atoms with E-state index >= 15 is 0 Å². The molecule has 7 aromatic carbocycles. The van der Waals surface area contributed by atoms with Gasteiger partial charge in [-0.1, -0.05) is 128 Å². The number of fused-ring (bicyclic) bond motifs is 2. The summed E-state index contributed by atoms with van der Waals surface area (Å²) in [6.45, 7) is 0.757. The zero-order chi connectivity index (χ0) is 53.9. The Hall–Kier alpha value is -7.26. The van der Waals surface area contributed by atoms with E-state index in [4.69, 9.17) is 0 Å². The third-order valence-corrected chi connectivity index (χ3v) is 19.8. The summed E-state index contributed by atoms with van der Waals surface area (Å²) >= 11 is 0. The van der Waals surface area contributed by atoms with Crippen LogP contribution in [-0.4, -0.2) is 118 Å². The molecule has 4 aliphatic heterocycles. The highest BCUT2D eigenvalue weighted by Gasteiger charge is 2.43. The molecule has 0 spiro atoms. The van der Waals surface area contributed by atoms with Crippen LogP contribution in [0.4, 0.5) is 0 Å². The van der Waals surface area contributed by atoms with Gasteiger partial charge in [0.25, 0.3) is 35.4 Å². The normalized spacial score (nSPS) is 16.7. The van der Waals surface area contributed by atoms with Crippen LogP contribution in [0.1, 0.15) is 91.1 Å². The van der Waals surface area contributed by atoms with Crippen LogP contribution in [0.25, 0.3) is 43.1 Å². The van der Waals surface area contributed by atoms with Crippen molar-refractivity contribution in [1.82, 2.24) is 31.3 Å². The van der Waals surface area contributed by atoms with Crippen LogP contribution in [0.15, 0.2) is 119 Å². The molecule has 4 N–H and O–H groups in total. The summed E-state index contributed by atoms with van der Waals surface area (Å²) < 4.78 is 0. The van der Waals surface area contributed by atoms with E-state index in [0.29, 0.717) is 81.9 Å². The van der Waals surface area contributed by atoms with E-state index in [9.17, 15) is 38.4 Å². The predicted molar refractivity (Wildman–Crippen MR) is 311 cm³/mol. The number of nitrogens with one attached hydrogen (secondary N) is 4. The molecule has 2 saturated heterocycles. The van der Waals surface area contributed by atoms with Crippen molar-refractivity contribution in [3.8, 4) is 0 Å². The van der Waals surface area contributed by atoms with Gasteiger partial charge in [-0.3, -0.25) is 48.2 Å². The number of hydrogen-bond acceptors (Lipinski definition) is 14. The second kappa shape index (κ2) is 23.4. The number of benzene rings is 7. The van der Waals surface area contributed by atoms with Crippen LogP contribution < -0.4 is 21.5 Å². The maximum Gasteiger partial charge on any atom is 0.263 e. The molecule has 16 nitrogen and oxygen atoms in total. The Morgan fingerprint density at radius 1 is 0.462 bits per heavy atom. The zero-order valence-corrected chi connectivity index (χ0v) is 45.3. The molecule has 0 saturated carbocycles. The molecular formula is C58H52N8O8S4. The molecule has 0 aromatic heterocycles. The molecule has 2 atom stereocenters. The Labute approximate surface area is 464 Å². The molecule has 2 fully saturated rings. The average Bonchev–Trinajstić information content (AvgIpc) is 3.40. The second-order valence-electron chi connectivity index (χ2n) is 19.5. The lowest BCUT2D eigenvalue weighted by molar-refractivity contribution is -0.126. The lowest BCUT2D eigenvalue weighted by atomic mass is 9.82. The van der Waals surface area contributed by atoms with Crippen LogP contribution in [0.5, 0.6) is 0 Å². The molecule has 11 rings (SSSR count). The molecule has 8 amide bonds. The predicted octanol–water partition coefficient (Wildman–Crippen LogP) is 8.56. The highest BCUT2D eigenvalue weighted by Crippen LogP contribution is 2.47. The lowest BCUT2D eigenvalue weighted by Crippen LogP contribution is -2.53. The summed E-state index contributed by atoms with van der Waals surface area (Å²) in [4.78, 5) is 115. The average molecular weight is 1120 g/mol. The molecule has 20 heteroatoms. The van der Waals surface area contributed by atoms with Crippen molar-refractivity contribution in [2.24, 2.45) is 22.0 Å². The fourth-order valence-corrected chi connectivity index (χ4v) is 16.3. The highest BCUT2D eigenvalue weighted by molar-refractivity contribution is 8.77. The second-order valence-corrected chi connectivity index (χ2v) is 24.6. The van der Waals surface area contributed by atoms with E-state index in [2.05, 4.69) is 31.7 Å². The maximum absolute atomic E-state index is 14.9. The zero-order valence-electron chi connectivity index (χ0n) is 42.0. The molecule has 7 aromatic rings. The topological polar surface area (TPSA) is 216 Å². The summed E-state index contributed by atoms with van der Waals surface area (Å²) in [5.41, 5.74) is 7.55. The van der Waals surface area contributed by atoms with Crippen molar-refractivity contribution in [2.75, 3.05) is 36.1 Å². The first-order valence-electron chi connectivity index (χ1n) is 25.8. The van der Waals surface area contributed by atoms with Crippen molar-refractivity contribution in [3.63, 3.8) is 0 Å². The minimum absolute atomic E-state index is 0.0117. The summed E-state index contributed by atoms with van der Waals surface area (Å²) in [6, 6.07) is 29.7. The van der Waals surface area contributed by atoms with Crippen LogP contribution in [0, 0.1) is 11.8 Å². The fourth-order valence-electron chi connectivity index (χ4n) is 10.8. The first-order chi connectivity index (χ1) is 38.1. The summed E-state index contributed by atoms with van der Waals surface area (Å²) in [7, 11) is 6.70. The van der Waals surface area contributed by atoms with Crippen LogP contribution >= 0.6 is 43.2 Å². The monoisotopic (exact) mass is 1120 g/mol. The van der Waals surface area contributed by atoms with Gasteiger partial charge in [0.1, 0.15) is 12.1 Å². The molecule has 0 aliphatic carbocycles. The fraction of sp³-hybridized carbons (Fsp3) is 0.276. The van der Waals surface area contributed by atoms with Gasteiger partial charge in [-0.05, 0) is 106 Å². The Kier molecular flexibility index (Phi) is 15.8. The van der Waals surface area contributed by atoms with Crippen molar-refractivity contribution in [1.29, 1.82) is 0 Å². The van der Waals surface area contributed by atoms with Crippen molar-refractivity contribution < 1.29 is 38.4 Å². The van der Waals surface area contributed by atoms with E-state index in [1.165, 1.54) is 12.4 Å². The van der Waals surface area contributed by atoms with E-state index in [-0.39, 0.29) is 58.7 Å². The van der Waals surface area contributed by atoms with E-state index in [1.807, 2.05) is 60.7 Å². The first-order valence-corrected chi connectivity index (χ1v) is 30.8.